The maximum atomic E-state index is 11.5. The van der Waals surface area contributed by atoms with Crippen LogP contribution < -0.4 is 5.32 Å². The molecule has 0 aromatic carbocycles. The lowest BCUT2D eigenvalue weighted by atomic mass is 10.1. The summed E-state index contributed by atoms with van der Waals surface area (Å²) in [5, 5.41) is 2.68. The van der Waals surface area contributed by atoms with E-state index in [9.17, 15) is 4.79 Å². The summed E-state index contributed by atoms with van der Waals surface area (Å²) in [6.45, 7) is 9.29. The Hall–Kier alpha value is -0.770. The van der Waals surface area contributed by atoms with E-state index in [0.717, 1.165) is 19.6 Å². The van der Waals surface area contributed by atoms with Gasteiger partial charge in [-0.1, -0.05) is 0 Å². The largest absolute Gasteiger partial charge is 0.341 e. The summed E-state index contributed by atoms with van der Waals surface area (Å²) < 4.78 is 0. The number of urea groups is 1. The Morgan fingerprint density at radius 1 is 1.43 bits per heavy atom. The average Bonchev–Trinajstić information content (AvgIpc) is 2.16. The Kier molecular flexibility index (Phi) is 3.75. The molecule has 82 valence electrons. The van der Waals surface area contributed by atoms with E-state index in [2.05, 4.69) is 31.0 Å². The van der Waals surface area contributed by atoms with Gasteiger partial charge in [0.25, 0.3) is 0 Å². The molecular weight excluding hydrogens is 178 g/mol. The fourth-order valence-corrected chi connectivity index (χ4v) is 1.90. The number of rotatable bonds is 1. The lowest BCUT2D eigenvalue weighted by Crippen LogP contribution is -2.57. The van der Waals surface area contributed by atoms with Crippen LogP contribution in [0.2, 0.25) is 0 Å². The van der Waals surface area contributed by atoms with Crippen molar-refractivity contribution in [2.75, 3.05) is 26.7 Å². The van der Waals surface area contributed by atoms with Crippen LogP contribution in [0, 0.1) is 0 Å². The first-order valence-electron chi connectivity index (χ1n) is 5.28. The summed E-state index contributed by atoms with van der Waals surface area (Å²) >= 11 is 0. The molecule has 0 saturated carbocycles. The molecule has 4 nitrogen and oxygen atoms in total. The highest BCUT2D eigenvalue weighted by molar-refractivity contribution is 5.74. The Morgan fingerprint density at radius 3 is 2.50 bits per heavy atom. The predicted molar refractivity (Wildman–Crippen MR) is 57.3 cm³/mol. The topological polar surface area (TPSA) is 35.6 Å². The van der Waals surface area contributed by atoms with Gasteiger partial charge in [-0.05, 0) is 20.8 Å². The highest BCUT2D eigenvalue weighted by Crippen LogP contribution is 2.11. The molecule has 1 rings (SSSR count). The Morgan fingerprint density at radius 2 is 2.07 bits per heavy atom. The second kappa shape index (κ2) is 4.64. The summed E-state index contributed by atoms with van der Waals surface area (Å²) in [4.78, 5) is 15.8. The molecule has 1 fully saturated rings. The van der Waals surface area contributed by atoms with E-state index >= 15 is 0 Å². The van der Waals surface area contributed by atoms with Gasteiger partial charge in [0.1, 0.15) is 0 Å². The molecule has 1 aliphatic heterocycles. The normalized spacial score (nSPS) is 24.1. The summed E-state index contributed by atoms with van der Waals surface area (Å²) in [7, 11) is 1.68. The van der Waals surface area contributed by atoms with Crippen LogP contribution in [0.15, 0.2) is 0 Å². The number of carbonyl (C=O) groups is 1. The third-order valence-corrected chi connectivity index (χ3v) is 2.86. The van der Waals surface area contributed by atoms with Crippen LogP contribution >= 0.6 is 0 Å². The SMILES string of the molecule is CNC(=O)N1CCN(C(C)C)C[C@@H]1C. The number of amides is 2. The first-order valence-corrected chi connectivity index (χ1v) is 5.28. The zero-order valence-corrected chi connectivity index (χ0v) is 9.58. The van der Waals surface area contributed by atoms with Crippen molar-refractivity contribution in [1.82, 2.24) is 15.1 Å². The van der Waals surface area contributed by atoms with Crippen LogP contribution in [0.4, 0.5) is 4.79 Å². The van der Waals surface area contributed by atoms with Gasteiger partial charge in [0.2, 0.25) is 0 Å². The van der Waals surface area contributed by atoms with E-state index in [4.69, 9.17) is 0 Å². The standard InChI is InChI=1S/C10H21N3O/c1-8(2)12-5-6-13(9(3)7-12)10(14)11-4/h8-9H,5-7H2,1-4H3,(H,11,14)/t9-/m0/s1. The van der Waals surface area contributed by atoms with Crippen LogP contribution in [0.3, 0.4) is 0 Å². The molecule has 1 atom stereocenters. The van der Waals surface area contributed by atoms with E-state index in [-0.39, 0.29) is 6.03 Å². The van der Waals surface area contributed by atoms with Crippen LogP contribution in [0.25, 0.3) is 0 Å². The van der Waals surface area contributed by atoms with Gasteiger partial charge >= 0.3 is 6.03 Å². The number of nitrogens with zero attached hydrogens (tertiary/aromatic N) is 2. The third-order valence-electron chi connectivity index (χ3n) is 2.86. The zero-order valence-electron chi connectivity index (χ0n) is 9.58. The van der Waals surface area contributed by atoms with Crippen molar-refractivity contribution in [3.63, 3.8) is 0 Å². The van der Waals surface area contributed by atoms with E-state index in [1.807, 2.05) is 4.90 Å². The molecule has 14 heavy (non-hydrogen) atoms. The summed E-state index contributed by atoms with van der Waals surface area (Å²) in [6.07, 6.45) is 0. The molecule has 0 bridgehead atoms. The van der Waals surface area contributed by atoms with Gasteiger partial charge in [-0.15, -0.1) is 0 Å². The number of hydrogen-bond acceptors (Lipinski definition) is 2. The zero-order chi connectivity index (χ0) is 10.7. The molecule has 1 saturated heterocycles. The fraction of sp³-hybridized carbons (Fsp3) is 0.900. The van der Waals surface area contributed by atoms with E-state index in [1.165, 1.54) is 0 Å². The molecule has 0 aromatic rings. The number of carbonyl (C=O) groups excluding carboxylic acids is 1. The van der Waals surface area contributed by atoms with Crippen molar-refractivity contribution >= 4 is 6.03 Å². The van der Waals surface area contributed by atoms with Gasteiger partial charge in [0.05, 0.1) is 0 Å². The highest BCUT2D eigenvalue weighted by Gasteiger charge is 2.27. The Balaban J connectivity index is 2.51. The van der Waals surface area contributed by atoms with Gasteiger partial charge in [-0.25, -0.2) is 4.79 Å². The van der Waals surface area contributed by atoms with Gasteiger partial charge in [0, 0.05) is 38.8 Å². The van der Waals surface area contributed by atoms with Gasteiger partial charge in [0.15, 0.2) is 0 Å². The number of piperazine rings is 1. The van der Waals surface area contributed by atoms with Crippen molar-refractivity contribution in [3.8, 4) is 0 Å². The van der Waals surface area contributed by atoms with E-state index in [1.54, 1.807) is 7.05 Å². The van der Waals surface area contributed by atoms with Crippen molar-refractivity contribution in [2.24, 2.45) is 0 Å². The molecule has 1 N–H and O–H groups in total. The summed E-state index contributed by atoms with van der Waals surface area (Å²) in [6, 6.07) is 0.927. The maximum absolute atomic E-state index is 11.5. The van der Waals surface area contributed by atoms with Crippen LogP contribution in [0.5, 0.6) is 0 Å². The first kappa shape index (κ1) is 11.3. The maximum Gasteiger partial charge on any atom is 0.317 e. The molecule has 1 heterocycles. The Bertz CT molecular complexity index is 206. The van der Waals surface area contributed by atoms with Crippen molar-refractivity contribution in [1.29, 1.82) is 0 Å². The third kappa shape index (κ3) is 2.38. The molecule has 1 aliphatic rings. The van der Waals surface area contributed by atoms with Gasteiger partial charge < -0.3 is 10.2 Å². The van der Waals surface area contributed by atoms with Gasteiger partial charge in [-0.3, -0.25) is 4.90 Å². The number of nitrogens with one attached hydrogen (secondary N) is 1. The van der Waals surface area contributed by atoms with Crippen LogP contribution in [0.1, 0.15) is 20.8 Å². The summed E-state index contributed by atoms with van der Waals surface area (Å²) in [5.41, 5.74) is 0. The molecule has 0 aliphatic carbocycles. The lowest BCUT2D eigenvalue weighted by molar-refractivity contribution is 0.0842. The monoisotopic (exact) mass is 199 g/mol. The second-order valence-corrected chi connectivity index (χ2v) is 4.19. The smallest absolute Gasteiger partial charge is 0.317 e. The molecule has 0 spiro atoms. The molecule has 0 unspecified atom stereocenters. The highest BCUT2D eigenvalue weighted by atomic mass is 16.2. The van der Waals surface area contributed by atoms with Crippen molar-refractivity contribution in [3.05, 3.63) is 0 Å². The van der Waals surface area contributed by atoms with E-state index in [0.29, 0.717) is 12.1 Å². The minimum atomic E-state index is 0.0425. The van der Waals surface area contributed by atoms with Crippen LogP contribution in [-0.4, -0.2) is 54.6 Å². The fourth-order valence-electron chi connectivity index (χ4n) is 1.90. The minimum absolute atomic E-state index is 0.0425. The van der Waals surface area contributed by atoms with Gasteiger partial charge in [-0.2, -0.15) is 0 Å². The molecule has 4 heteroatoms. The van der Waals surface area contributed by atoms with E-state index < -0.39 is 0 Å². The summed E-state index contributed by atoms with van der Waals surface area (Å²) in [5.74, 6) is 0. The average molecular weight is 199 g/mol. The molecular formula is C10H21N3O. The quantitative estimate of drug-likeness (QED) is 0.676. The molecule has 0 aromatic heterocycles. The van der Waals surface area contributed by atoms with Crippen molar-refractivity contribution in [2.45, 2.75) is 32.9 Å². The van der Waals surface area contributed by atoms with Crippen LogP contribution in [-0.2, 0) is 0 Å². The molecule has 0 radical (unpaired) electrons. The minimum Gasteiger partial charge on any atom is -0.341 e. The lowest BCUT2D eigenvalue weighted by Gasteiger charge is -2.41. The Labute approximate surface area is 86.2 Å². The number of hydrogen-bond donors (Lipinski definition) is 1. The van der Waals surface area contributed by atoms with Crippen molar-refractivity contribution < 1.29 is 4.79 Å². The molecule has 2 amide bonds. The first-order chi connectivity index (χ1) is 6.56. The second-order valence-electron chi connectivity index (χ2n) is 4.19. The predicted octanol–water partition coefficient (Wildman–Crippen LogP) is 0.740.